The van der Waals surface area contributed by atoms with Gasteiger partial charge in [0.05, 0.1) is 11.6 Å². The minimum absolute atomic E-state index is 0.267. The van der Waals surface area contributed by atoms with E-state index in [0.29, 0.717) is 13.1 Å². The first kappa shape index (κ1) is 17.5. The molecule has 0 spiro atoms. The molecular formula is C19H26N2O2. The largest absolute Gasteiger partial charge is 0.492 e. The molecule has 0 radical (unpaired) electrons. The first-order valence-corrected chi connectivity index (χ1v) is 7.89. The van der Waals surface area contributed by atoms with Gasteiger partial charge >= 0.3 is 0 Å². The van der Waals surface area contributed by atoms with E-state index < -0.39 is 11.6 Å². The lowest BCUT2D eigenvalue weighted by atomic mass is 9.97. The summed E-state index contributed by atoms with van der Waals surface area (Å²) in [5.74, 6) is 0.756. The maximum atomic E-state index is 10.5. The highest BCUT2D eigenvalue weighted by atomic mass is 16.5. The number of aryl methyl sites for hydroxylation is 1. The van der Waals surface area contributed by atoms with Crippen LogP contribution in [0.2, 0.25) is 0 Å². The predicted molar refractivity (Wildman–Crippen MR) is 93.4 cm³/mol. The molecule has 2 aromatic rings. The second-order valence-corrected chi connectivity index (χ2v) is 6.18. The van der Waals surface area contributed by atoms with Gasteiger partial charge in [-0.2, -0.15) is 0 Å². The van der Waals surface area contributed by atoms with Crippen molar-refractivity contribution < 1.29 is 9.84 Å². The van der Waals surface area contributed by atoms with Gasteiger partial charge in [-0.05, 0) is 31.5 Å². The number of nitrogens with one attached hydrogen (secondary N) is 1. The normalized spacial score (nSPS) is 15.0. The van der Waals surface area contributed by atoms with Gasteiger partial charge in [0.1, 0.15) is 12.4 Å². The summed E-state index contributed by atoms with van der Waals surface area (Å²) in [6.45, 7) is 5.17. The van der Waals surface area contributed by atoms with Crippen LogP contribution >= 0.6 is 0 Å². The third-order valence-corrected chi connectivity index (χ3v) is 3.87. The fraction of sp³-hybridized carbons (Fsp3) is 0.368. The van der Waals surface area contributed by atoms with Crippen molar-refractivity contribution in [3.63, 3.8) is 0 Å². The number of ether oxygens (including phenoxy) is 1. The molecule has 4 nitrogen and oxygen atoms in total. The number of aliphatic hydroxyl groups is 1. The maximum absolute atomic E-state index is 10.5. The molecule has 2 rings (SSSR count). The van der Waals surface area contributed by atoms with Crippen LogP contribution in [0, 0.1) is 6.92 Å². The Balaban J connectivity index is 1.78. The van der Waals surface area contributed by atoms with E-state index in [4.69, 9.17) is 10.5 Å². The van der Waals surface area contributed by atoms with Gasteiger partial charge in [-0.15, -0.1) is 0 Å². The van der Waals surface area contributed by atoms with Gasteiger partial charge < -0.3 is 20.9 Å². The monoisotopic (exact) mass is 314 g/mol. The van der Waals surface area contributed by atoms with E-state index in [1.807, 2.05) is 36.4 Å². The second-order valence-electron chi connectivity index (χ2n) is 6.18. The van der Waals surface area contributed by atoms with E-state index in [1.54, 1.807) is 6.92 Å². The molecule has 0 heterocycles. The molecule has 124 valence electrons. The molecule has 2 aromatic carbocycles. The Morgan fingerprint density at radius 2 is 1.91 bits per heavy atom. The van der Waals surface area contributed by atoms with Crippen LogP contribution in [0.4, 0.5) is 0 Å². The van der Waals surface area contributed by atoms with Crippen molar-refractivity contribution in [3.05, 3.63) is 65.7 Å². The predicted octanol–water partition coefficient (Wildman–Crippen LogP) is 2.24. The van der Waals surface area contributed by atoms with Crippen molar-refractivity contribution in [2.24, 2.45) is 5.73 Å². The molecular weight excluding hydrogens is 288 g/mol. The molecule has 0 aliphatic heterocycles. The van der Waals surface area contributed by atoms with Crippen LogP contribution in [-0.4, -0.2) is 29.9 Å². The minimum Gasteiger partial charge on any atom is -0.492 e. The third kappa shape index (κ3) is 5.67. The van der Waals surface area contributed by atoms with Crippen LogP contribution in [0.1, 0.15) is 18.1 Å². The summed E-state index contributed by atoms with van der Waals surface area (Å²) in [7, 11) is 0. The van der Waals surface area contributed by atoms with E-state index in [0.717, 1.165) is 5.75 Å². The van der Waals surface area contributed by atoms with E-state index in [-0.39, 0.29) is 6.61 Å². The zero-order valence-corrected chi connectivity index (χ0v) is 13.8. The van der Waals surface area contributed by atoms with Crippen molar-refractivity contribution in [1.82, 2.24) is 5.32 Å². The Labute approximate surface area is 138 Å². The molecule has 0 saturated carbocycles. The summed E-state index contributed by atoms with van der Waals surface area (Å²) in [5, 5.41) is 13.8. The number of hydrogen-bond acceptors (Lipinski definition) is 4. The summed E-state index contributed by atoms with van der Waals surface area (Å²) in [4.78, 5) is 0. The highest BCUT2D eigenvalue weighted by molar-refractivity contribution is 5.22. The molecule has 0 fully saturated rings. The van der Waals surface area contributed by atoms with Gasteiger partial charge in [0.25, 0.3) is 0 Å². The molecule has 2 atom stereocenters. The standard InChI is InChI=1S/C19H26N2O2/c1-15-7-6-8-16(11-15)12-21-14-19(2,22)18(20)13-23-17-9-4-3-5-10-17/h3-11,18,21-22H,12-14,20H2,1-2H3. The molecule has 0 amide bonds. The van der Waals surface area contributed by atoms with Crippen molar-refractivity contribution in [3.8, 4) is 5.75 Å². The first-order valence-electron chi connectivity index (χ1n) is 7.89. The average Bonchev–Trinajstić information content (AvgIpc) is 2.53. The van der Waals surface area contributed by atoms with Gasteiger partial charge in [0.15, 0.2) is 0 Å². The summed E-state index contributed by atoms with van der Waals surface area (Å²) in [6.07, 6.45) is 0. The Morgan fingerprint density at radius 3 is 2.61 bits per heavy atom. The van der Waals surface area contributed by atoms with Gasteiger partial charge in [0, 0.05) is 13.1 Å². The highest BCUT2D eigenvalue weighted by Gasteiger charge is 2.29. The molecule has 4 N–H and O–H groups in total. The average molecular weight is 314 g/mol. The lowest BCUT2D eigenvalue weighted by molar-refractivity contribution is 0.0172. The van der Waals surface area contributed by atoms with Gasteiger partial charge in [-0.3, -0.25) is 0 Å². The zero-order valence-electron chi connectivity index (χ0n) is 13.8. The Hall–Kier alpha value is -1.88. The number of nitrogens with two attached hydrogens (primary N) is 1. The molecule has 4 heteroatoms. The minimum atomic E-state index is -1.04. The molecule has 2 unspecified atom stereocenters. The number of benzene rings is 2. The molecule has 0 aliphatic carbocycles. The van der Waals surface area contributed by atoms with Gasteiger partial charge in [0.2, 0.25) is 0 Å². The van der Waals surface area contributed by atoms with Crippen LogP contribution in [0.5, 0.6) is 5.75 Å². The quantitative estimate of drug-likeness (QED) is 0.699. The van der Waals surface area contributed by atoms with Gasteiger partial charge in [-0.1, -0.05) is 48.0 Å². The lowest BCUT2D eigenvalue weighted by Crippen LogP contribution is -2.54. The summed E-state index contributed by atoms with van der Waals surface area (Å²) < 4.78 is 5.62. The molecule has 23 heavy (non-hydrogen) atoms. The van der Waals surface area contributed by atoms with Crippen molar-refractivity contribution in [2.75, 3.05) is 13.2 Å². The topological polar surface area (TPSA) is 67.5 Å². The van der Waals surface area contributed by atoms with Crippen molar-refractivity contribution in [2.45, 2.75) is 32.0 Å². The van der Waals surface area contributed by atoms with E-state index in [2.05, 4.69) is 30.4 Å². The van der Waals surface area contributed by atoms with Crippen molar-refractivity contribution >= 4 is 0 Å². The first-order chi connectivity index (χ1) is 11.0. The molecule has 0 bridgehead atoms. The summed E-state index contributed by atoms with van der Waals surface area (Å²) in [5.41, 5.74) is 7.46. The highest BCUT2D eigenvalue weighted by Crippen LogP contribution is 2.12. The molecule has 0 aromatic heterocycles. The lowest BCUT2D eigenvalue weighted by Gasteiger charge is -2.30. The van der Waals surface area contributed by atoms with Gasteiger partial charge in [-0.25, -0.2) is 0 Å². The third-order valence-electron chi connectivity index (χ3n) is 3.87. The maximum Gasteiger partial charge on any atom is 0.119 e. The SMILES string of the molecule is Cc1cccc(CNCC(C)(O)C(N)COc2ccccc2)c1. The van der Waals surface area contributed by atoms with Crippen LogP contribution in [-0.2, 0) is 6.54 Å². The Bertz CT molecular complexity index is 599. The van der Waals surface area contributed by atoms with Crippen LogP contribution < -0.4 is 15.8 Å². The van der Waals surface area contributed by atoms with E-state index in [9.17, 15) is 5.11 Å². The molecule has 0 aliphatic rings. The number of hydrogen-bond donors (Lipinski definition) is 3. The Kier molecular flexibility index (Phi) is 6.16. The second kappa shape index (κ2) is 8.11. The Morgan fingerprint density at radius 1 is 1.17 bits per heavy atom. The van der Waals surface area contributed by atoms with Crippen molar-refractivity contribution in [1.29, 1.82) is 0 Å². The van der Waals surface area contributed by atoms with Crippen LogP contribution in [0.15, 0.2) is 54.6 Å². The summed E-state index contributed by atoms with van der Waals surface area (Å²) >= 11 is 0. The molecule has 0 saturated heterocycles. The number of para-hydroxylation sites is 1. The fourth-order valence-corrected chi connectivity index (χ4v) is 2.30. The van der Waals surface area contributed by atoms with E-state index in [1.165, 1.54) is 11.1 Å². The van der Waals surface area contributed by atoms with Crippen LogP contribution in [0.25, 0.3) is 0 Å². The summed E-state index contributed by atoms with van der Waals surface area (Å²) in [6, 6.07) is 17.3. The number of rotatable bonds is 8. The van der Waals surface area contributed by atoms with Crippen LogP contribution in [0.3, 0.4) is 0 Å². The van der Waals surface area contributed by atoms with E-state index >= 15 is 0 Å². The zero-order chi connectivity index (χ0) is 16.7. The fourth-order valence-electron chi connectivity index (χ4n) is 2.30. The smallest absolute Gasteiger partial charge is 0.119 e.